The number of allylic oxidation sites excluding steroid dienone is 1. The van der Waals surface area contributed by atoms with Crippen LogP contribution in [0, 0.1) is 6.92 Å². The first-order valence-electron chi connectivity index (χ1n) is 11.1. The minimum absolute atomic E-state index is 0.00817. The lowest BCUT2D eigenvalue weighted by molar-refractivity contribution is -0.117. The van der Waals surface area contributed by atoms with Crippen LogP contribution in [0.25, 0.3) is 16.8 Å². The number of halogens is 2. The van der Waals surface area contributed by atoms with Gasteiger partial charge in [-0.25, -0.2) is 0 Å². The molecular formula is C29H21Br2NO. The molecule has 4 aromatic rings. The lowest BCUT2D eigenvalue weighted by atomic mass is 9.77. The van der Waals surface area contributed by atoms with Crippen molar-refractivity contribution in [3.05, 3.63) is 115 Å². The number of nitrogens with one attached hydrogen (secondary N) is 1. The highest BCUT2D eigenvalue weighted by molar-refractivity contribution is 9.11. The predicted molar refractivity (Wildman–Crippen MR) is 143 cm³/mol. The number of rotatable bonds is 3. The molecule has 0 radical (unpaired) electrons. The average Bonchev–Trinajstić information content (AvgIpc) is 3.34. The average molecular weight is 559 g/mol. The monoisotopic (exact) mass is 557 g/mol. The van der Waals surface area contributed by atoms with E-state index in [0.29, 0.717) is 0 Å². The molecule has 2 nitrogen and oxygen atoms in total. The smallest absolute Gasteiger partial charge is 0.233 e. The third-order valence-electron chi connectivity index (χ3n) is 6.99. The molecular weight excluding hydrogens is 538 g/mol. The SMILES string of the molecule is Cc1c(Br)cc(Br)c2c1C(C1C(Cc3ccc4ccccc4c3)=Cc3ccccc31)C(=O)N2. The number of benzene rings is 4. The number of carbonyl (C=O) groups excluding carboxylic acids is 1. The van der Waals surface area contributed by atoms with Crippen LogP contribution in [0.3, 0.4) is 0 Å². The molecule has 0 aromatic heterocycles. The first kappa shape index (κ1) is 20.9. The molecule has 4 heteroatoms. The van der Waals surface area contributed by atoms with Crippen LogP contribution in [-0.2, 0) is 11.2 Å². The number of hydrogen-bond acceptors (Lipinski definition) is 1. The standard InChI is InChI=1S/C29H21Br2NO/c1-16-23(30)15-24(31)28-25(16)27(29(33)32-28)26-21(14-20-8-4-5-9-22(20)26)13-17-10-11-18-6-2-3-7-19(18)12-17/h2-12,14-15,26-27H,13H2,1H3,(H,32,33). The summed E-state index contributed by atoms with van der Waals surface area (Å²) in [5.41, 5.74) is 8.11. The molecule has 6 rings (SSSR count). The largest absolute Gasteiger partial charge is 0.324 e. The molecule has 4 aromatic carbocycles. The van der Waals surface area contributed by atoms with E-state index in [0.717, 1.165) is 32.2 Å². The molecule has 0 saturated heterocycles. The number of amides is 1. The van der Waals surface area contributed by atoms with Crippen molar-refractivity contribution in [1.82, 2.24) is 0 Å². The third-order valence-corrected chi connectivity index (χ3v) is 8.44. The summed E-state index contributed by atoms with van der Waals surface area (Å²) in [6, 6.07) is 25.7. The zero-order valence-electron chi connectivity index (χ0n) is 18.0. The Morgan fingerprint density at radius 1 is 0.848 bits per heavy atom. The molecule has 0 spiro atoms. The van der Waals surface area contributed by atoms with E-state index in [1.807, 2.05) is 6.07 Å². The maximum absolute atomic E-state index is 13.4. The Morgan fingerprint density at radius 2 is 1.61 bits per heavy atom. The molecule has 2 aliphatic rings. The van der Waals surface area contributed by atoms with Gasteiger partial charge in [0.1, 0.15) is 0 Å². The Morgan fingerprint density at radius 3 is 2.45 bits per heavy atom. The number of anilines is 1. The van der Waals surface area contributed by atoms with Gasteiger partial charge in [-0.2, -0.15) is 0 Å². The van der Waals surface area contributed by atoms with E-state index in [-0.39, 0.29) is 17.7 Å². The summed E-state index contributed by atoms with van der Waals surface area (Å²) in [6.07, 6.45) is 3.11. The van der Waals surface area contributed by atoms with E-state index in [1.54, 1.807) is 0 Å². The van der Waals surface area contributed by atoms with Gasteiger partial charge in [0.25, 0.3) is 0 Å². The Hall–Kier alpha value is -2.69. The van der Waals surface area contributed by atoms with Crippen molar-refractivity contribution in [2.45, 2.75) is 25.2 Å². The van der Waals surface area contributed by atoms with E-state index in [1.165, 1.54) is 33.0 Å². The Bertz CT molecular complexity index is 1490. The van der Waals surface area contributed by atoms with Gasteiger partial charge >= 0.3 is 0 Å². The topological polar surface area (TPSA) is 29.1 Å². The molecule has 162 valence electrons. The fourth-order valence-electron chi connectivity index (χ4n) is 5.46. The van der Waals surface area contributed by atoms with Gasteiger partial charge in [0.05, 0.1) is 11.6 Å². The van der Waals surface area contributed by atoms with Crippen molar-refractivity contribution in [3.8, 4) is 0 Å². The molecule has 2 unspecified atom stereocenters. The second-order valence-corrected chi connectivity index (χ2v) is 10.6. The van der Waals surface area contributed by atoms with Crippen LogP contribution in [0.4, 0.5) is 5.69 Å². The minimum Gasteiger partial charge on any atom is -0.324 e. The van der Waals surface area contributed by atoms with Crippen LogP contribution < -0.4 is 5.32 Å². The Kier molecular flexibility index (Phi) is 5.04. The molecule has 1 aliphatic heterocycles. The Balaban J connectivity index is 1.47. The summed E-state index contributed by atoms with van der Waals surface area (Å²) in [6.45, 7) is 2.09. The van der Waals surface area contributed by atoms with Gasteiger partial charge < -0.3 is 5.32 Å². The molecule has 0 bridgehead atoms. The normalized spacial score (nSPS) is 18.8. The molecule has 33 heavy (non-hydrogen) atoms. The molecule has 2 atom stereocenters. The van der Waals surface area contributed by atoms with E-state index in [2.05, 4.69) is 117 Å². The summed E-state index contributed by atoms with van der Waals surface area (Å²) < 4.78 is 1.93. The van der Waals surface area contributed by atoms with Crippen molar-refractivity contribution >= 4 is 60.3 Å². The first-order valence-corrected chi connectivity index (χ1v) is 12.7. The van der Waals surface area contributed by atoms with Crippen molar-refractivity contribution in [3.63, 3.8) is 0 Å². The fraction of sp³-hybridized carbons (Fsp3) is 0.138. The predicted octanol–water partition coefficient (Wildman–Crippen LogP) is 8.13. The number of hydrogen-bond donors (Lipinski definition) is 1. The zero-order chi connectivity index (χ0) is 22.7. The van der Waals surface area contributed by atoms with Crippen LogP contribution in [0.15, 0.2) is 87.3 Å². The second kappa shape index (κ2) is 7.96. The van der Waals surface area contributed by atoms with Gasteiger partial charge in [0.15, 0.2) is 0 Å². The summed E-state index contributed by atoms with van der Waals surface area (Å²) >= 11 is 7.36. The van der Waals surface area contributed by atoms with Gasteiger partial charge in [-0.05, 0) is 73.9 Å². The highest BCUT2D eigenvalue weighted by atomic mass is 79.9. The van der Waals surface area contributed by atoms with Gasteiger partial charge in [-0.3, -0.25) is 4.79 Å². The van der Waals surface area contributed by atoms with Crippen LogP contribution in [0.2, 0.25) is 0 Å². The lowest BCUT2D eigenvalue weighted by Crippen LogP contribution is -2.21. The number of fused-ring (bicyclic) bond motifs is 3. The van der Waals surface area contributed by atoms with Crippen molar-refractivity contribution in [1.29, 1.82) is 0 Å². The van der Waals surface area contributed by atoms with Crippen LogP contribution in [0.5, 0.6) is 0 Å². The summed E-state index contributed by atoms with van der Waals surface area (Å²) in [7, 11) is 0. The van der Waals surface area contributed by atoms with Gasteiger partial charge in [0, 0.05) is 14.9 Å². The van der Waals surface area contributed by atoms with Gasteiger partial charge in [-0.1, -0.05) is 94.3 Å². The van der Waals surface area contributed by atoms with Crippen LogP contribution in [-0.4, -0.2) is 5.91 Å². The molecule has 1 heterocycles. The zero-order valence-corrected chi connectivity index (χ0v) is 21.2. The summed E-state index contributed by atoms with van der Waals surface area (Å²) in [4.78, 5) is 13.4. The maximum Gasteiger partial charge on any atom is 0.233 e. The lowest BCUT2D eigenvalue weighted by Gasteiger charge is -2.24. The summed E-state index contributed by atoms with van der Waals surface area (Å²) in [5, 5.41) is 5.66. The molecule has 1 aliphatic carbocycles. The highest BCUT2D eigenvalue weighted by Crippen LogP contribution is 2.53. The minimum atomic E-state index is -0.260. The molecule has 1 N–H and O–H groups in total. The van der Waals surface area contributed by atoms with Gasteiger partial charge in [0.2, 0.25) is 5.91 Å². The van der Waals surface area contributed by atoms with Gasteiger partial charge in [-0.15, -0.1) is 0 Å². The van der Waals surface area contributed by atoms with Crippen LogP contribution >= 0.6 is 31.9 Å². The Labute approximate surface area is 210 Å². The van der Waals surface area contributed by atoms with Crippen LogP contribution in [0.1, 0.15) is 39.7 Å². The maximum atomic E-state index is 13.4. The molecule has 0 fully saturated rings. The highest BCUT2D eigenvalue weighted by Gasteiger charge is 2.43. The van der Waals surface area contributed by atoms with Crippen molar-refractivity contribution in [2.24, 2.45) is 0 Å². The second-order valence-electron chi connectivity index (χ2n) is 8.90. The quantitative estimate of drug-likeness (QED) is 0.270. The first-order chi connectivity index (χ1) is 16.0. The van der Waals surface area contributed by atoms with E-state index in [9.17, 15) is 4.79 Å². The third kappa shape index (κ3) is 3.39. The van der Waals surface area contributed by atoms with Crippen molar-refractivity contribution in [2.75, 3.05) is 5.32 Å². The fourth-order valence-corrected chi connectivity index (χ4v) is 6.75. The van der Waals surface area contributed by atoms with E-state index >= 15 is 0 Å². The van der Waals surface area contributed by atoms with Crippen molar-refractivity contribution < 1.29 is 4.79 Å². The molecule has 0 saturated carbocycles. The van der Waals surface area contributed by atoms with E-state index in [4.69, 9.17) is 0 Å². The summed E-state index contributed by atoms with van der Waals surface area (Å²) in [5.74, 6) is -0.184. The van der Waals surface area contributed by atoms with E-state index < -0.39 is 0 Å². The molecule has 1 amide bonds. The number of carbonyl (C=O) groups is 1.